The second-order valence-electron chi connectivity index (χ2n) is 8.11. The lowest BCUT2D eigenvalue weighted by Crippen LogP contribution is -2.35. The summed E-state index contributed by atoms with van der Waals surface area (Å²) >= 11 is 0. The fourth-order valence-electron chi connectivity index (χ4n) is 4.51. The van der Waals surface area contributed by atoms with Crippen LogP contribution in [0.1, 0.15) is 32.3 Å². The molecule has 1 aromatic carbocycles. The molecule has 1 aliphatic carbocycles. The van der Waals surface area contributed by atoms with Crippen LogP contribution in [0.3, 0.4) is 0 Å². The van der Waals surface area contributed by atoms with E-state index in [9.17, 15) is 9.59 Å². The van der Waals surface area contributed by atoms with Gasteiger partial charge in [-0.25, -0.2) is 10.6 Å². The third-order valence-electron chi connectivity index (χ3n) is 6.17. The number of fused-ring (bicyclic) bond motifs is 1. The van der Waals surface area contributed by atoms with Gasteiger partial charge in [-0.1, -0.05) is 25.1 Å². The van der Waals surface area contributed by atoms with Crippen LogP contribution in [0, 0.1) is 5.92 Å². The van der Waals surface area contributed by atoms with Crippen molar-refractivity contribution in [1.29, 1.82) is 0 Å². The molecule has 2 N–H and O–H groups in total. The highest BCUT2D eigenvalue weighted by Gasteiger charge is 2.61. The summed E-state index contributed by atoms with van der Waals surface area (Å²) < 4.78 is 5.46. The molecule has 1 aromatic rings. The monoisotopic (exact) mass is 384 g/mol. The molecule has 0 spiro atoms. The van der Waals surface area contributed by atoms with Gasteiger partial charge < -0.3 is 14.6 Å². The minimum atomic E-state index is -0.336. The molecule has 3 unspecified atom stereocenters. The van der Waals surface area contributed by atoms with Gasteiger partial charge in [-0.05, 0) is 36.5 Å². The first-order valence-electron chi connectivity index (χ1n) is 9.95. The number of nitrogens with two attached hydrogens (primary N) is 1. The molecule has 0 bridgehead atoms. The number of anilines is 1. The Morgan fingerprint density at radius 3 is 2.75 bits per heavy atom. The van der Waals surface area contributed by atoms with Crippen molar-refractivity contribution in [2.24, 2.45) is 11.8 Å². The first kappa shape index (κ1) is 18.8. The van der Waals surface area contributed by atoms with E-state index in [1.807, 2.05) is 36.2 Å². The number of nitrogens with zero attached hydrogens (tertiary/aromatic N) is 3. The lowest BCUT2D eigenvalue weighted by Gasteiger charge is -2.20. The van der Waals surface area contributed by atoms with Crippen LogP contribution >= 0.6 is 0 Å². The molecule has 7 nitrogen and oxygen atoms in total. The summed E-state index contributed by atoms with van der Waals surface area (Å²) in [5.74, 6) is 6.63. The molecule has 2 amide bonds. The minimum Gasteiger partial charge on any atom is -0.442 e. The van der Waals surface area contributed by atoms with Crippen molar-refractivity contribution in [3.05, 3.63) is 42.1 Å². The third-order valence-corrected chi connectivity index (χ3v) is 6.17. The highest BCUT2D eigenvalue weighted by molar-refractivity contribution is 5.89. The molecule has 3 atom stereocenters. The van der Waals surface area contributed by atoms with E-state index in [0.29, 0.717) is 19.0 Å². The van der Waals surface area contributed by atoms with Gasteiger partial charge in [0, 0.05) is 37.3 Å². The molecule has 0 aromatic heterocycles. The maximum Gasteiger partial charge on any atom is 0.414 e. The van der Waals surface area contributed by atoms with Gasteiger partial charge in [-0.2, -0.15) is 0 Å². The highest BCUT2D eigenvalue weighted by atomic mass is 16.6. The van der Waals surface area contributed by atoms with Gasteiger partial charge in [0.15, 0.2) is 0 Å². The average molecular weight is 384 g/mol. The smallest absolute Gasteiger partial charge is 0.414 e. The number of hydrazine groups is 1. The van der Waals surface area contributed by atoms with Gasteiger partial charge in [0.25, 0.3) is 0 Å². The fraction of sp³-hybridized carbons (Fsp3) is 0.524. The maximum atomic E-state index is 12.3. The number of hydrogen-bond acceptors (Lipinski definition) is 5. The number of hydrogen-bond donors (Lipinski definition) is 1. The van der Waals surface area contributed by atoms with E-state index in [1.54, 1.807) is 16.8 Å². The summed E-state index contributed by atoms with van der Waals surface area (Å²) in [7, 11) is 0. The quantitative estimate of drug-likeness (QED) is 0.601. The molecule has 2 saturated heterocycles. The van der Waals surface area contributed by atoms with Crippen LogP contribution < -0.4 is 10.7 Å². The van der Waals surface area contributed by atoms with Crippen LogP contribution in [0.25, 0.3) is 0 Å². The molecule has 1 saturated carbocycles. The van der Waals surface area contributed by atoms with E-state index in [0.717, 1.165) is 31.6 Å². The normalized spacial score (nSPS) is 28.6. The Labute approximate surface area is 165 Å². The van der Waals surface area contributed by atoms with Crippen LogP contribution in [-0.4, -0.2) is 54.2 Å². The van der Waals surface area contributed by atoms with E-state index < -0.39 is 0 Å². The number of carbonyl (C=O) groups excluding carboxylic acids is 2. The standard InChI is InChI=1S/C21H28N4O3/c1-3-4-9-24(22)12-19-13-25(20(27)28-19)18-7-5-16(6-8-18)21-10-17(21)11-23(14-21)15(2)26/h4-9,17,19H,3,10-14,22H2,1-2H3/b9-4-. The number of allylic oxidation sites excluding steroid dienone is 1. The Bertz CT molecular complexity index is 793. The van der Waals surface area contributed by atoms with Crippen molar-refractivity contribution >= 4 is 17.7 Å². The van der Waals surface area contributed by atoms with Gasteiger partial charge in [-0.3, -0.25) is 9.69 Å². The Morgan fingerprint density at radius 2 is 2.11 bits per heavy atom. The number of cyclic esters (lactones) is 1. The SMILES string of the molecule is CC/C=C\N(N)CC1CN(c2ccc(C34CC3CN(C(C)=O)C4)cc2)C(=O)O1. The van der Waals surface area contributed by atoms with Crippen LogP contribution in [0.15, 0.2) is 36.5 Å². The predicted octanol–water partition coefficient (Wildman–Crippen LogP) is 2.23. The van der Waals surface area contributed by atoms with Crippen LogP contribution in [0.2, 0.25) is 0 Å². The number of benzene rings is 1. The number of carbonyl (C=O) groups is 2. The summed E-state index contributed by atoms with van der Waals surface area (Å²) in [6.07, 6.45) is 5.22. The number of piperidine rings is 1. The zero-order valence-corrected chi connectivity index (χ0v) is 16.5. The number of likely N-dealkylation sites (tertiary alicyclic amines) is 1. The van der Waals surface area contributed by atoms with Crippen LogP contribution in [0.5, 0.6) is 0 Å². The summed E-state index contributed by atoms with van der Waals surface area (Å²) in [5.41, 5.74) is 2.20. The Balaban J connectivity index is 1.40. The molecule has 2 heterocycles. The molecular weight excluding hydrogens is 356 g/mol. The van der Waals surface area contributed by atoms with Crippen molar-refractivity contribution in [3.63, 3.8) is 0 Å². The highest BCUT2D eigenvalue weighted by Crippen LogP contribution is 2.59. The third kappa shape index (κ3) is 3.35. The van der Waals surface area contributed by atoms with Gasteiger partial charge in [0.1, 0.15) is 6.10 Å². The number of ether oxygens (including phenoxy) is 1. The molecule has 4 rings (SSSR count). The summed E-state index contributed by atoms with van der Waals surface area (Å²) in [6, 6.07) is 8.16. The second-order valence-corrected chi connectivity index (χ2v) is 8.11. The summed E-state index contributed by atoms with van der Waals surface area (Å²) in [5, 5.41) is 1.56. The van der Waals surface area contributed by atoms with Crippen molar-refractivity contribution in [1.82, 2.24) is 9.91 Å². The molecule has 7 heteroatoms. The Kier molecular flexibility index (Phi) is 4.79. The van der Waals surface area contributed by atoms with Gasteiger partial charge in [-0.15, -0.1) is 0 Å². The zero-order chi connectivity index (χ0) is 19.9. The van der Waals surface area contributed by atoms with E-state index in [-0.39, 0.29) is 23.5 Å². The molecule has 150 valence electrons. The topological polar surface area (TPSA) is 79.1 Å². The molecule has 3 aliphatic rings. The molecular formula is C21H28N4O3. The molecule has 3 fully saturated rings. The molecule has 2 aliphatic heterocycles. The maximum absolute atomic E-state index is 12.3. The van der Waals surface area contributed by atoms with Gasteiger partial charge >= 0.3 is 6.09 Å². The first-order valence-corrected chi connectivity index (χ1v) is 9.95. The predicted molar refractivity (Wildman–Crippen MR) is 106 cm³/mol. The molecule has 28 heavy (non-hydrogen) atoms. The van der Waals surface area contributed by atoms with Crippen molar-refractivity contribution in [2.45, 2.75) is 38.2 Å². The van der Waals surface area contributed by atoms with E-state index >= 15 is 0 Å². The molecule has 0 radical (unpaired) electrons. The largest absolute Gasteiger partial charge is 0.442 e. The van der Waals surface area contributed by atoms with Crippen LogP contribution in [0.4, 0.5) is 10.5 Å². The summed E-state index contributed by atoms with van der Waals surface area (Å²) in [4.78, 5) is 27.6. The van der Waals surface area contributed by atoms with Gasteiger partial charge in [0.2, 0.25) is 5.91 Å². The lowest BCUT2D eigenvalue weighted by molar-refractivity contribution is -0.128. The minimum absolute atomic E-state index is 0.115. The van der Waals surface area contributed by atoms with E-state index in [4.69, 9.17) is 10.6 Å². The second kappa shape index (κ2) is 7.13. The van der Waals surface area contributed by atoms with Crippen molar-refractivity contribution in [2.75, 3.05) is 31.1 Å². The van der Waals surface area contributed by atoms with E-state index in [1.165, 1.54) is 5.56 Å². The van der Waals surface area contributed by atoms with Crippen molar-refractivity contribution in [3.8, 4) is 0 Å². The fourth-order valence-corrected chi connectivity index (χ4v) is 4.51. The number of amides is 2. The first-order chi connectivity index (χ1) is 13.4. The Hall–Kier alpha value is -2.54. The lowest BCUT2D eigenvalue weighted by atomic mass is 9.94. The zero-order valence-electron chi connectivity index (χ0n) is 16.5. The van der Waals surface area contributed by atoms with Gasteiger partial charge in [0.05, 0.1) is 13.1 Å². The average Bonchev–Trinajstić information content (AvgIpc) is 3.04. The number of rotatable bonds is 6. The Morgan fingerprint density at radius 1 is 1.36 bits per heavy atom. The van der Waals surface area contributed by atoms with Crippen LogP contribution in [-0.2, 0) is 14.9 Å². The summed E-state index contributed by atoms with van der Waals surface area (Å²) in [6.45, 7) is 6.28. The van der Waals surface area contributed by atoms with E-state index in [2.05, 4.69) is 12.1 Å². The van der Waals surface area contributed by atoms with Crippen molar-refractivity contribution < 1.29 is 14.3 Å².